The SMILES string of the molecule is CC(C)CCOc1ccccc1CNC(=O)C1CCCN1C(=O)CC(C)(C)C. The first-order valence-electron chi connectivity index (χ1n) is 10.5. The monoisotopic (exact) mass is 388 g/mol. The van der Waals surface area contributed by atoms with Gasteiger partial charge in [-0.15, -0.1) is 0 Å². The Labute approximate surface area is 169 Å². The summed E-state index contributed by atoms with van der Waals surface area (Å²) in [5.74, 6) is 1.40. The minimum atomic E-state index is -0.358. The van der Waals surface area contributed by atoms with Gasteiger partial charge in [0.05, 0.1) is 6.61 Å². The van der Waals surface area contributed by atoms with Crippen molar-refractivity contribution in [3.63, 3.8) is 0 Å². The van der Waals surface area contributed by atoms with E-state index in [4.69, 9.17) is 4.74 Å². The molecule has 1 aliphatic rings. The molecular formula is C23H36N2O3. The number of amides is 2. The van der Waals surface area contributed by atoms with E-state index in [1.807, 2.05) is 45.0 Å². The lowest BCUT2D eigenvalue weighted by atomic mass is 9.91. The van der Waals surface area contributed by atoms with Gasteiger partial charge in [0.2, 0.25) is 11.8 Å². The van der Waals surface area contributed by atoms with Gasteiger partial charge < -0.3 is 15.0 Å². The Morgan fingerprint density at radius 3 is 2.64 bits per heavy atom. The lowest BCUT2D eigenvalue weighted by Crippen LogP contribution is -2.46. The molecule has 1 saturated heterocycles. The lowest BCUT2D eigenvalue weighted by Gasteiger charge is -2.27. The summed E-state index contributed by atoms with van der Waals surface area (Å²) >= 11 is 0. The van der Waals surface area contributed by atoms with E-state index in [-0.39, 0.29) is 23.3 Å². The molecule has 1 atom stereocenters. The van der Waals surface area contributed by atoms with Crippen LogP contribution in [0.4, 0.5) is 0 Å². The molecule has 0 bridgehead atoms. The number of likely N-dealkylation sites (tertiary alicyclic amines) is 1. The zero-order valence-electron chi connectivity index (χ0n) is 18.1. The van der Waals surface area contributed by atoms with Crippen molar-refractivity contribution in [3.05, 3.63) is 29.8 Å². The van der Waals surface area contributed by atoms with Crippen LogP contribution in [-0.4, -0.2) is 35.9 Å². The Bertz CT molecular complexity index is 664. The van der Waals surface area contributed by atoms with Gasteiger partial charge in [0.15, 0.2) is 0 Å². The van der Waals surface area contributed by atoms with E-state index >= 15 is 0 Å². The van der Waals surface area contributed by atoms with Crippen LogP contribution in [0.25, 0.3) is 0 Å². The van der Waals surface area contributed by atoms with Gasteiger partial charge in [0.1, 0.15) is 11.8 Å². The van der Waals surface area contributed by atoms with Crippen molar-refractivity contribution in [2.75, 3.05) is 13.2 Å². The summed E-state index contributed by atoms with van der Waals surface area (Å²) in [4.78, 5) is 27.1. The van der Waals surface area contributed by atoms with Crippen molar-refractivity contribution in [1.29, 1.82) is 0 Å². The number of nitrogens with zero attached hydrogens (tertiary/aromatic N) is 1. The second-order valence-electron chi connectivity index (χ2n) is 9.34. The predicted molar refractivity (Wildman–Crippen MR) is 112 cm³/mol. The molecular weight excluding hydrogens is 352 g/mol. The molecule has 1 fully saturated rings. The largest absolute Gasteiger partial charge is 0.493 e. The number of hydrogen-bond donors (Lipinski definition) is 1. The summed E-state index contributed by atoms with van der Waals surface area (Å²) in [5.41, 5.74) is 0.887. The van der Waals surface area contributed by atoms with Crippen LogP contribution in [0.5, 0.6) is 5.75 Å². The van der Waals surface area contributed by atoms with Crippen LogP contribution >= 0.6 is 0 Å². The van der Waals surface area contributed by atoms with Crippen LogP contribution in [0.2, 0.25) is 0 Å². The van der Waals surface area contributed by atoms with Gasteiger partial charge in [-0.3, -0.25) is 9.59 Å². The summed E-state index contributed by atoms with van der Waals surface area (Å²) in [6.07, 6.45) is 3.06. The Morgan fingerprint density at radius 2 is 1.96 bits per heavy atom. The molecule has 0 aliphatic carbocycles. The van der Waals surface area contributed by atoms with E-state index < -0.39 is 0 Å². The maximum Gasteiger partial charge on any atom is 0.243 e. The zero-order chi connectivity index (χ0) is 20.7. The Hall–Kier alpha value is -2.04. The highest BCUT2D eigenvalue weighted by Crippen LogP contribution is 2.25. The first-order valence-corrected chi connectivity index (χ1v) is 10.5. The first kappa shape index (κ1) is 22.3. The number of rotatable bonds is 8. The van der Waals surface area contributed by atoms with Crippen LogP contribution in [0.15, 0.2) is 24.3 Å². The third kappa shape index (κ3) is 6.84. The standard InChI is InChI=1S/C23H36N2O3/c1-17(2)12-14-28-20-11-7-6-9-18(20)16-24-22(27)19-10-8-13-25(19)21(26)15-23(3,4)5/h6-7,9,11,17,19H,8,10,12-16H2,1-5H3,(H,24,27). The highest BCUT2D eigenvalue weighted by atomic mass is 16.5. The van der Waals surface area contributed by atoms with Crippen molar-refractivity contribution in [3.8, 4) is 5.75 Å². The summed E-state index contributed by atoms with van der Waals surface area (Å²) in [6, 6.07) is 7.45. The van der Waals surface area contributed by atoms with Crippen molar-refractivity contribution >= 4 is 11.8 Å². The predicted octanol–water partition coefficient (Wildman–Crippen LogP) is 4.15. The summed E-state index contributed by atoms with van der Waals surface area (Å²) < 4.78 is 5.90. The molecule has 5 nitrogen and oxygen atoms in total. The highest BCUT2D eigenvalue weighted by Gasteiger charge is 2.35. The fourth-order valence-corrected chi connectivity index (χ4v) is 3.39. The fraction of sp³-hybridized carbons (Fsp3) is 0.652. The summed E-state index contributed by atoms with van der Waals surface area (Å²) in [5, 5.41) is 3.02. The van der Waals surface area contributed by atoms with Crippen LogP contribution in [0.1, 0.15) is 65.9 Å². The average Bonchev–Trinajstić information content (AvgIpc) is 3.09. The van der Waals surface area contributed by atoms with Gasteiger partial charge in [0, 0.05) is 25.1 Å². The van der Waals surface area contributed by atoms with Gasteiger partial charge >= 0.3 is 0 Å². The number of ether oxygens (including phenoxy) is 1. The second kappa shape index (κ2) is 9.94. The van der Waals surface area contributed by atoms with Gasteiger partial charge in [-0.25, -0.2) is 0 Å². The fourth-order valence-electron chi connectivity index (χ4n) is 3.39. The number of carbonyl (C=O) groups excluding carboxylic acids is 2. The molecule has 1 aliphatic heterocycles. The minimum Gasteiger partial charge on any atom is -0.493 e. The van der Waals surface area contributed by atoms with Gasteiger partial charge in [0.25, 0.3) is 0 Å². The zero-order valence-corrected chi connectivity index (χ0v) is 18.1. The van der Waals surface area contributed by atoms with Crippen LogP contribution in [0.3, 0.4) is 0 Å². The summed E-state index contributed by atoms with van der Waals surface area (Å²) in [7, 11) is 0. The van der Waals surface area contributed by atoms with Crippen LogP contribution in [0, 0.1) is 11.3 Å². The van der Waals surface area contributed by atoms with Crippen LogP contribution in [-0.2, 0) is 16.1 Å². The molecule has 156 valence electrons. The molecule has 1 heterocycles. The molecule has 2 rings (SSSR count). The molecule has 28 heavy (non-hydrogen) atoms. The van der Waals surface area contributed by atoms with Crippen molar-refractivity contribution in [2.24, 2.45) is 11.3 Å². The third-order valence-electron chi connectivity index (χ3n) is 4.94. The number of benzene rings is 1. The maximum absolute atomic E-state index is 12.8. The second-order valence-corrected chi connectivity index (χ2v) is 9.34. The van der Waals surface area contributed by atoms with E-state index in [1.165, 1.54) is 0 Å². The van der Waals surface area contributed by atoms with Crippen molar-refractivity contribution in [2.45, 2.75) is 72.9 Å². The topological polar surface area (TPSA) is 58.6 Å². The molecule has 5 heteroatoms. The minimum absolute atomic E-state index is 0.0718. The van der Waals surface area contributed by atoms with E-state index in [2.05, 4.69) is 19.2 Å². The van der Waals surface area contributed by atoms with E-state index in [1.54, 1.807) is 4.90 Å². The maximum atomic E-state index is 12.8. The number of hydrogen-bond acceptors (Lipinski definition) is 3. The van der Waals surface area contributed by atoms with Crippen LogP contribution < -0.4 is 10.1 Å². The van der Waals surface area contributed by atoms with E-state index in [0.29, 0.717) is 32.0 Å². The van der Waals surface area contributed by atoms with Gasteiger partial charge in [-0.05, 0) is 36.7 Å². The number of para-hydroxylation sites is 1. The van der Waals surface area contributed by atoms with Crippen molar-refractivity contribution < 1.29 is 14.3 Å². The molecule has 1 unspecified atom stereocenters. The van der Waals surface area contributed by atoms with Gasteiger partial charge in [-0.1, -0.05) is 52.8 Å². The quantitative estimate of drug-likeness (QED) is 0.728. The molecule has 2 amide bonds. The number of carbonyl (C=O) groups is 2. The van der Waals surface area contributed by atoms with Gasteiger partial charge in [-0.2, -0.15) is 0 Å². The average molecular weight is 389 g/mol. The molecule has 0 saturated carbocycles. The number of nitrogens with one attached hydrogen (secondary N) is 1. The molecule has 0 spiro atoms. The Balaban J connectivity index is 1.93. The molecule has 1 aromatic carbocycles. The highest BCUT2D eigenvalue weighted by molar-refractivity contribution is 5.88. The lowest BCUT2D eigenvalue weighted by molar-refractivity contribution is -0.139. The molecule has 0 radical (unpaired) electrons. The summed E-state index contributed by atoms with van der Waals surface area (Å²) in [6.45, 7) is 12.2. The van der Waals surface area contributed by atoms with Crippen molar-refractivity contribution in [1.82, 2.24) is 10.2 Å². The normalized spacial score (nSPS) is 17.1. The third-order valence-corrected chi connectivity index (χ3v) is 4.94. The molecule has 0 aromatic heterocycles. The first-order chi connectivity index (χ1) is 13.2. The van der Waals surface area contributed by atoms with E-state index in [0.717, 1.165) is 30.6 Å². The van der Waals surface area contributed by atoms with E-state index in [9.17, 15) is 9.59 Å². The Kier molecular flexibility index (Phi) is 7.90. The molecule has 1 aromatic rings. The smallest absolute Gasteiger partial charge is 0.243 e. The Morgan fingerprint density at radius 1 is 1.25 bits per heavy atom. The molecule has 1 N–H and O–H groups in total.